The Morgan fingerprint density at radius 1 is 1.23 bits per heavy atom. The second kappa shape index (κ2) is 7.33. The fraction of sp³-hybridized carbons (Fsp3) is 0.562. The highest BCUT2D eigenvalue weighted by Crippen LogP contribution is 2.41. The fourth-order valence-electron chi connectivity index (χ4n) is 3.14. The molecule has 1 saturated carbocycles. The van der Waals surface area contributed by atoms with E-state index in [1.807, 2.05) is 17.0 Å². The molecule has 1 atom stereocenters. The number of nitrogens with one attached hydrogen (secondary N) is 1. The van der Waals surface area contributed by atoms with Crippen LogP contribution in [0.2, 0.25) is 10.0 Å². The van der Waals surface area contributed by atoms with Crippen molar-refractivity contribution in [3.63, 3.8) is 0 Å². The summed E-state index contributed by atoms with van der Waals surface area (Å²) in [6.07, 6.45) is 5.91. The van der Waals surface area contributed by atoms with Crippen LogP contribution in [0.3, 0.4) is 0 Å². The average molecular weight is 359 g/mol. The van der Waals surface area contributed by atoms with Crippen LogP contribution in [-0.2, 0) is 0 Å². The first-order valence-electron chi connectivity index (χ1n) is 7.79. The minimum Gasteiger partial charge on any atom is -0.335 e. The maximum atomic E-state index is 12.6. The van der Waals surface area contributed by atoms with Crippen molar-refractivity contribution in [2.45, 2.75) is 43.5 Å². The number of amides is 2. The predicted molar refractivity (Wildman–Crippen MR) is 93.8 cm³/mol. The Balaban J connectivity index is 1.70. The van der Waals surface area contributed by atoms with E-state index in [-0.39, 0.29) is 11.4 Å². The smallest absolute Gasteiger partial charge is 0.318 e. The second-order valence-electron chi connectivity index (χ2n) is 5.87. The Morgan fingerprint density at radius 3 is 2.73 bits per heavy atom. The number of hydrogen-bond donors (Lipinski definition) is 1. The number of hydrogen-bond acceptors (Lipinski definition) is 2. The molecular weight excluding hydrogens is 339 g/mol. The third kappa shape index (κ3) is 3.66. The number of urea groups is 1. The molecule has 2 fully saturated rings. The first-order valence-corrected chi connectivity index (χ1v) is 9.59. The van der Waals surface area contributed by atoms with E-state index < -0.39 is 0 Å². The monoisotopic (exact) mass is 358 g/mol. The van der Waals surface area contributed by atoms with Gasteiger partial charge in [-0.3, -0.25) is 0 Å². The van der Waals surface area contributed by atoms with Gasteiger partial charge in [0.2, 0.25) is 0 Å². The van der Waals surface area contributed by atoms with Crippen LogP contribution < -0.4 is 5.32 Å². The minimum atomic E-state index is -0.0200. The quantitative estimate of drug-likeness (QED) is 0.798. The normalized spacial score (nSPS) is 22.8. The van der Waals surface area contributed by atoms with Gasteiger partial charge in [0, 0.05) is 33.9 Å². The summed E-state index contributed by atoms with van der Waals surface area (Å²) in [6, 6.07) is 5.86. The number of rotatable bonds is 2. The van der Waals surface area contributed by atoms with Crippen molar-refractivity contribution in [2.75, 3.05) is 12.3 Å². The summed E-state index contributed by atoms with van der Waals surface area (Å²) in [5.41, 5.74) is 0.965. The molecule has 1 saturated heterocycles. The minimum absolute atomic E-state index is 0.0200. The van der Waals surface area contributed by atoms with Gasteiger partial charge in [-0.05, 0) is 25.0 Å². The van der Waals surface area contributed by atoms with Gasteiger partial charge in [-0.1, -0.05) is 48.5 Å². The molecule has 0 bridgehead atoms. The summed E-state index contributed by atoms with van der Waals surface area (Å²) in [7, 11) is 0. The van der Waals surface area contributed by atoms with Gasteiger partial charge in [-0.25, -0.2) is 4.79 Å². The highest BCUT2D eigenvalue weighted by atomic mass is 35.5. The fourth-order valence-corrected chi connectivity index (χ4v) is 5.01. The van der Waals surface area contributed by atoms with Crippen molar-refractivity contribution in [3.05, 3.63) is 33.8 Å². The zero-order valence-electron chi connectivity index (χ0n) is 12.4. The second-order valence-corrected chi connectivity index (χ2v) is 7.90. The summed E-state index contributed by atoms with van der Waals surface area (Å²) >= 11 is 14.0. The Bertz CT molecular complexity index is 549. The summed E-state index contributed by atoms with van der Waals surface area (Å²) in [5, 5.41) is 4.42. The summed E-state index contributed by atoms with van der Waals surface area (Å²) in [4.78, 5) is 14.5. The van der Waals surface area contributed by atoms with Crippen LogP contribution in [0.25, 0.3) is 0 Å². The molecule has 2 amide bonds. The highest BCUT2D eigenvalue weighted by molar-refractivity contribution is 7.99. The van der Waals surface area contributed by atoms with Crippen molar-refractivity contribution in [1.82, 2.24) is 10.2 Å². The zero-order chi connectivity index (χ0) is 15.5. The van der Waals surface area contributed by atoms with E-state index in [0.717, 1.165) is 30.7 Å². The molecule has 2 aliphatic rings. The van der Waals surface area contributed by atoms with Crippen LogP contribution >= 0.6 is 35.0 Å². The molecule has 1 aromatic rings. The van der Waals surface area contributed by atoms with E-state index >= 15 is 0 Å². The van der Waals surface area contributed by atoms with Gasteiger partial charge in [0.25, 0.3) is 0 Å². The van der Waals surface area contributed by atoms with Crippen LogP contribution in [0.1, 0.15) is 43.0 Å². The molecule has 3 nitrogen and oxygen atoms in total. The maximum absolute atomic E-state index is 12.6. The number of carbonyl (C=O) groups is 1. The molecule has 0 unspecified atom stereocenters. The topological polar surface area (TPSA) is 32.3 Å². The van der Waals surface area contributed by atoms with Gasteiger partial charge in [0.05, 0.1) is 0 Å². The van der Waals surface area contributed by atoms with Gasteiger partial charge in [0.1, 0.15) is 5.37 Å². The molecule has 1 aromatic carbocycles. The van der Waals surface area contributed by atoms with Crippen LogP contribution in [0, 0.1) is 0 Å². The van der Waals surface area contributed by atoms with Crippen molar-refractivity contribution in [3.8, 4) is 0 Å². The lowest BCUT2D eigenvalue weighted by atomic mass is 9.96. The van der Waals surface area contributed by atoms with Crippen LogP contribution in [-0.4, -0.2) is 29.3 Å². The van der Waals surface area contributed by atoms with E-state index in [0.29, 0.717) is 16.1 Å². The third-order valence-electron chi connectivity index (χ3n) is 4.31. The number of halogens is 2. The molecule has 0 radical (unpaired) electrons. The van der Waals surface area contributed by atoms with Crippen LogP contribution in [0.5, 0.6) is 0 Å². The Labute approximate surface area is 145 Å². The molecule has 1 aliphatic heterocycles. The molecule has 120 valence electrons. The number of benzene rings is 1. The van der Waals surface area contributed by atoms with E-state index in [4.69, 9.17) is 23.2 Å². The van der Waals surface area contributed by atoms with E-state index in [1.165, 1.54) is 19.3 Å². The lowest BCUT2D eigenvalue weighted by molar-refractivity contribution is 0.192. The standard InChI is InChI=1S/C16H20Cl2N2OS/c17-11-6-7-13(14(18)10-11)15-20(8-9-22-15)16(21)19-12-4-2-1-3-5-12/h6-7,10,12,15H,1-5,8-9H2,(H,19,21)/t15-/m0/s1. The van der Waals surface area contributed by atoms with Crippen molar-refractivity contribution < 1.29 is 4.79 Å². The first-order chi connectivity index (χ1) is 10.6. The van der Waals surface area contributed by atoms with Crippen molar-refractivity contribution in [2.24, 2.45) is 0 Å². The Morgan fingerprint density at radius 2 is 2.00 bits per heavy atom. The summed E-state index contributed by atoms with van der Waals surface area (Å²) in [5.74, 6) is 0.932. The molecule has 1 aliphatic carbocycles. The number of carbonyl (C=O) groups excluding carboxylic acids is 1. The van der Waals surface area contributed by atoms with Crippen LogP contribution in [0.4, 0.5) is 4.79 Å². The van der Waals surface area contributed by atoms with E-state index in [9.17, 15) is 4.79 Å². The van der Waals surface area contributed by atoms with Gasteiger partial charge in [-0.2, -0.15) is 0 Å². The van der Waals surface area contributed by atoms with Crippen LogP contribution in [0.15, 0.2) is 18.2 Å². The van der Waals surface area contributed by atoms with Gasteiger partial charge < -0.3 is 10.2 Å². The molecule has 0 spiro atoms. The lowest BCUT2D eigenvalue weighted by Gasteiger charge is -2.29. The van der Waals surface area contributed by atoms with Gasteiger partial charge in [0.15, 0.2) is 0 Å². The highest BCUT2D eigenvalue weighted by Gasteiger charge is 2.33. The Hall–Kier alpha value is -0.580. The zero-order valence-corrected chi connectivity index (χ0v) is 14.7. The van der Waals surface area contributed by atoms with Gasteiger partial charge in [-0.15, -0.1) is 11.8 Å². The Kier molecular flexibility index (Phi) is 5.42. The molecule has 6 heteroatoms. The van der Waals surface area contributed by atoms with Crippen molar-refractivity contribution in [1.29, 1.82) is 0 Å². The molecule has 0 aromatic heterocycles. The SMILES string of the molecule is O=C(NC1CCCCC1)N1CCS[C@H]1c1ccc(Cl)cc1Cl. The molecule has 1 N–H and O–H groups in total. The summed E-state index contributed by atoms with van der Waals surface area (Å²) < 4.78 is 0. The summed E-state index contributed by atoms with van der Waals surface area (Å²) in [6.45, 7) is 0.757. The molecule has 3 rings (SSSR count). The maximum Gasteiger partial charge on any atom is 0.318 e. The van der Waals surface area contributed by atoms with Gasteiger partial charge >= 0.3 is 6.03 Å². The van der Waals surface area contributed by atoms with Crippen molar-refractivity contribution >= 4 is 41.0 Å². The first kappa shape index (κ1) is 16.3. The molecule has 22 heavy (non-hydrogen) atoms. The third-order valence-corrected chi connectivity index (χ3v) is 6.12. The van der Waals surface area contributed by atoms with E-state index in [1.54, 1.807) is 17.8 Å². The molecule has 1 heterocycles. The lowest BCUT2D eigenvalue weighted by Crippen LogP contribution is -2.45. The predicted octanol–water partition coefficient (Wildman–Crippen LogP) is 5.08. The van der Waals surface area contributed by atoms with E-state index in [2.05, 4.69) is 5.32 Å². The number of nitrogens with zero attached hydrogens (tertiary/aromatic N) is 1. The average Bonchev–Trinajstić information content (AvgIpc) is 2.97. The largest absolute Gasteiger partial charge is 0.335 e. The molecular formula is C16H20Cl2N2OS. The number of thioether (sulfide) groups is 1.